The van der Waals surface area contributed by atoms with Crippen LogP contribution in [0.2, 0.25) is 0 Å². The van der Waals surface area contributed by atoms with Gasteiger partial charge in [0, 0.05) is 13.1 Å². The molecule has 0 aliphatic carbocycles. The van der Waals surface area contributed by atoms with Gasteiger partial charge < -0.3 is 10.6 Å². The number of hydrogen-bond donors (Lipinski definition) is 2. The normalized spacial score (nSPS) is 10.7. The molecule has 0 radical (unpaired) electrons. The van der Waals surface area contributed by atoms with Crippen LogP contribution >= 0.6 is 0 Å². The van der Waals surface area contributed by atoms with E-state index in [1.54, 1.807) is 13.0 Å². The summed E-state index contributed by atoms with van der Waals surface area (Å²) in [6, 6.07) is 5.09. The van der Waals surface area contributed by atoms with Crippen LogP contribution < -0.4 is 10.6 Å². The molecule has 0 fully saturated rings. The summed E-state index contributed by atoms with van der Waals surface area (Å²) in [5.41, 5.74) is 1.48. The highest BCUT2D eigenvalue weighted by molar-refractivity contribution is 5.77. The lowest BCUT2D eigenvalue weighted by molar-refractivity contribution is -0.120. The fourth-order valence-corrected chi connectivity index (χ4v) is 1.45. The SMILES string of the molecule is Cc1ccc(CNCC(=O)NCC(C)C)cc1F. The molecule has 1 rings (SSSR count). The van der Waals surface area contributed by atoms with Gasteiger partial charge in [-0.3, -0.25) is 4.79 Å². The molecule has 0 aliphatic rings. The Labute approximate surface area is 108 Å². The van der Waals surface area contributed by atoms with E-state index in [9.17, 15) is 9.18 Å². The third-order valence-electron chi connectivity index (χ3n) is 2.56. The van der Waals surface area contributed by atoms with Crippen LogP contribution in [0.3, 0.4) is 0 Å². The third-order valence-corrected chi connectivity index (χ3v) is 2.56. The van der Waals surface area contributed by atoms with Crippen molar-refractivity contribution in [1.82, 2.24) is 10.6 Å². The van der Waals surface area contributed by atoms with Gasteiger partial charge in [-0.05, 0) is 30.0 Å². The van der Waals surface area contributed by atoms with E-state index in [0.29, 0.717) is 24.6 Å². The number of amides is 1. The molecule has 0 aliphatic heterocycles. The van der Waals surface area contributed by atoms with E-state index < -0.39 is 0 Å². The van der Waals surface area contributed by atoms with Gasteiger partial charge in [0.1, 0.15) is 5.82 Å². The third kappa shape index (κ3) is 5.27. The summed E-state index contributed by atoms with van der Waals surface area (Å²) in [6.45, 7) is 7.24. The maximum absolute atomic E-state index is 13.3. The van der Waals surface area contributed by atoms with Gasteiger partial charge in [0.15, 0.2) is 0 Å². The number of aryl methyl sites for hydroxylation is 1. The van der Waals surface area contributed by atoms with E-state index in [1.807, 2.05) is 19.9 Å². The first-order chi connectivity index (χ1) is 8.49. The molecule has 1 aromatic carbocycles. The zero-order valence-electron chi connectivity index (χ0n) is 11.2. The molecule has 0 saturated heterocycles. The highest BCUT2D eigenvalue weighted by Crippen LogP contribution is 2.08. The molecule has 2 N–H and O–H groups in total. The van der Waals surface area contributed by atoms with Crippen molar-refractivity contribution in [3.8, 4) is 0 Å². The molecule has 3 nitrogen and oxygen atoms in total. The van der Waals surface area contributed by atoms with Crippen molar-refractivity contribution in [2.75, 3.05) is 13.1 Å². The molecule has 0 saturated carbocycles. The molecule has 4 heteroatoms. The molecule has 1 aromatic rings. The van der Waals surface area contributed by atoms with E-state index in [1.165, 1.54) is 6.07 Å². The smallest absolute Gasteiger partial charge is 0.233 e. The number of carbonyl (C=O) groups is 1. The van der Waals surface area contributed by atoms with Crippen LogP contribution in [-0.2, 0) is 11.3 Å². The summed E-state index contributed by atoms with van der Waals surface area (Å²) in [6.07, 6.45) is 0. The second-order valence-electron chi connectivity index (χ2n) is 4.89. The Bertz CT molecular complexity index is 405. The van der Waals surface area contributed by atoms with Crippen molar-refractivity contribution in [2.45, 2.75) is 27.3 Å². The lowest BCUT2D eigenvalue weighted by Crippen LogP contribution is -2.35. The molecule has 0 bridgehead atoms. The molecule has 0 spiro atoms. The van der Waals surface area contributed by atoms with E-state index in [4.69, 9.17) is 0 Å². The number of hydrogen-bond acceptors (Lipinski definition) is 2. The fraction of sp³-hybridized carbons (Fsp3) is 0.500. The number of halogens is 1. The second kappa shape index (κ2) is 7.11. The maximum atomic E-state index is 13.3. The summed E-state index contributed by atoms with van der Waals surface area (Å²) >= 11 is 0. The van der Waals surface area contributed by atoms with Crippen LogP contribution in [-0.4, -0.2) is 19.0 Å². The standard InChI is InChI=1S/C14H21FN2O/c1-10(2)7-17-14(18)9-16-8-12-5-4-11(3)13(15)6-12/h4-6,10,16H,7-9H2,1-3H3,(H,17,18). The lowest BCUT2D eigenvalue weighted by Gasteiger charge is -2.09. The van der Waals surface area contributed by atoms with Gasteiger partial charge in [-0.2, -0.15) is 0 Å². The maximum Gasteiger partial charge on any atom is 0.233 e. The van der Waals surface area contributed by atoms with Crippen molar-refractivity contribution < 1.29 is 9.18 Å². The van der Waals surface area contributed by atoms with Gasteiger partial charge in [0.2, 0.25) is 5.91 Å². The first kappa shape index (κ1) is 14.6. The Hall–Kier alpha value is -1.42. The number of nitrogens with one attached hydrogen (secondary N) is 2. The van der Waals surface area contributed by atoms with E-state index in [-0.39, 0.29) is 18.3 Å². The predicted octanol–water partition coefficient (Wildman–Crippen LogP) is 2.00. The molecule has 0 heterocycles. The minimum absolute atomic E-state index is 0.0312. The monoisotopic (exact) mass is 252 g/mol. The van der Waals surface area contributed by atoms with E-state index in [0.717, 1.165) is 5.56 Å². The van der Waals surface area contributed by atoms with Gasteiger partial charge in [0.25, 0.3) is 0 Å². The first-order valence-corrected chi connectivity index (χ1v) is 6.21. The van der Waals surface area contributed by atoms with Crippen molar-refractivity contribution >= 4 is 5.91 Å². The topological polar surface area (TPSA) is 41.1 Å². The highest BCUT2D eigenvalue weighted by Gasteiger charge is 2.03. The van der Waals surface area contributed by atoms with E-state index >= 15 is 0 Å². The Morgan fingerprint density at radius 2 is 2.11 bits per heavy atom. The number of benzene rings is 1. The largest absolute Gasteiger partial charge is 0.355 e. The first-order valence-electron chi connectivity index (χ1n) is 6.21. The van der Waals surface area contributed by atoms with Crippen LogP contribution in [0.5, 0.6) is 0 Å². The summed E-state index contributed by atoms with van der Waals surface area (Å²) in [5.74, 6) is 0.204. The Morgan fingerprint density at radius 1 is 1.39 bits per heavy atom. The quantitative estimate of drug-likeness (QED) is 0.813. The van der Waals surface area contributed by atoms with Crippen LogP contribution in [0, 0.1) is 18.7 Å². The molecule has 100 valence electrons. The Morgan fingerprint density at radius 3 is 2.72 bits per heavy atom. The van der Waals surface area contributed by atoms with Gasteiger partial charge >= 0.3 is 0 Å². The minimum Gasteiger partial charge on any atom is -0.355 e. The molecule has 1 amide bonds. The lowest BCUT2D eigenvalue weighted by atomic mass is 10.1. The molecular formula is C14H21FN2O. The Kier molecular flexibility index (Phi) is 5.78. The van der Waals surface area contributed by atoms with Gasteiger partial charge in [-0.25, -0.2) is 4.39 Å². The summed E-state index contributed by atoms with van der Waals surface area (Å²) in [5, 5.41) is 5.81. The highest BCUT2D eigenvalue weighted by atomic mass is 19.1. The summed E-state index contributed by atoms with van der Waals surface area (Å²) < 4.78 is 13.3. The molecule has 0 unspecified atom stereocenters. The zero-order valence-corrected chi connectivity index (χ0v) is 11.2. The molecule has 18 heavy (non-hydrogen) atoms. The van der Waals surface area contributed by atoms with Crippen LogP contribution in [0.1, 0.15) is 25.0 Å². The average Bonchev–Trinajstić information content (AvgIpc) is 2.31. The van der Waals surface area contributed by atoms with Crippen molar-refractivity contribution in [2.24, 2.45) is 5.92 Å². The van der Waals surface area contributed by atoms with Crippen molar-refractivity contribution in [1.29, 1.82) is 0 Å². The Balaban J connectivity index is 2.28. The van der Waals surface area contributed by atoms with Crippen LogP contribution in [0.25, 0.3) is 0 Å². The van der Waals surface area contributed by atoms with Crippen molar-refractivity contribution in [3.05, 3.63) is 35.1 Å². The molecule has 0 atom stereocenters. The summed E-state index contributed by atoms with van der Waals surface area (Å²) in [7, 11) is 0. The minimum atomic E-state index is -0.210. The molecule has 0 aromatic heterocycles. The van der Waals surface area contributed by atoms with Crippen molar-refractivity contribution in [3.63, 3.8) is 0 Å². The summed E-state index contributed by atoms with van der Waals surface area (Å²) in [4.78, 5) is 11.4. The number of rotatable bonds is 6. The van der Waals surface area contributed by atoms with Gasteiger partial charge in [-0.15, -0.1) is 0 Å². The average molecular weight is 252 g/mol. The van der Waals surface area contributed by atoms with Crippen LogP contribution in [0.15, 0.2) is 18.2 Å². The van der Waals surface area contributed by atoms with Crippen LogP contribution in [0.4, 0.5) is 4.39 Å². The predicted molar refractivity (Wildman–Crippen MR) is 70.7 cm³/mol. The second-order valence-corrected chi connectivity index (χ2v) is 4.89. The van der Waals surface area contributed by atoms with E-state index in [2.05, 4.69) is 10.6 Å². The fourth-order valence-electron chi connectivity index (χ4n) is 1.45. The molecular weight excluding hydrogens is 231 g/mol. The zero-order chi connectivity index (χ0) is 13.5. The van der Waals surface area contributed by atoms with Gasteiger partial charge in [0.05, 0.1) is 6.54 Å². The van der Waals surface area contributed by atoms with Gasteiger partial charge in [-0.1, -0.05) is 26.0 Å². The number of carbonyl (C=O) groups excluding carboxylic acids is 1.